The van der Waals surface area contributed by atoms with Crippen LogP contribution in [-0.4, -0.2) is 25.2 Å². The number of amides is 1. The number of nitrogens with one attached hydrogen (secondary N) is 1. The van der Waals surface area contributed by atoms with Crippen molar-refractivity contribution in [3.8, 4) is 5.69 Å². The minimum Gasteiger partial charge on any atom is -0.346 e. The second kappa shape index (κ2) is 10.3. The summed E-state index contributed by atoms with van der Waals surface area (Å²) >= 11 is 0. The number of pyridine rings is 1. The number of benzene rings is 2. The number of carbonyl (C=O) groups excluding carboxylic acids is 1. The molecule has 0 fully saturated rings. The van der Waals surface area contributed by atoms with Crippen LogP contribution in [0.4, 0.5) is 0 Å². The Hall–Kier alpha value is -4.33. The van der Waals surface area contributed by atoms with Crippen LogP contribution in [0, 0.1) is 6.92 Å². The number of carbonyl (C=O) groups is 1. The number of hydrogen-bond acceptors (Lipinski definition) is 5. The molecule has 0 atom stereocenters. The lowest BCUT2D eigenvalue weighted by Gasteiger charge is -2.14. The molecule has 8 nitrogen and oxygen atoms in total. The first kappa shape index (κ1) is 23.8. The molecule has 0 bridgehead atoms. The van der Waals surface area contributed by atoms with Crippen molar-refractivity contribution < 1.29 is 4.79 Å². The first-order chi connectivity index (χ1) is 16.8. The van der Waals surface area contributed by atoms with E-state index < -0.39 is 17.2 Å². The number of aryl methyl sites for hydroxylation is 1. The van der Waals surface area contributed by atoms with Crippen LogP contribution >= 0.6 is 0 Å². The molecule has 2 heterocycles. The molecular weight excluding hydrogens is 442 g/mol. The van der Waals surface area contributed by atoms with E-state index in [1.165, 1.54) is 0 Å². The van der Waals surface area contributed by atoms with Gasteiger partial charge in [0.05, 0.1) is 12.2 Å². The first-order valence-corrected chi connectivity index (χ1v) is 11.4. The Bertz CT molecular complexity index is 1460. The van der Waals surface area contributed by atoms with Gasteiger partial charge in [0.2, 0.25) is 5.69 Å². The van der Waals surface area contributed by atoms with E-state index in [9.17, 15) is 14.4 Å². The summed E-state index contributed by atoms with van der Waals surface area (Å²) in [7, 11) is 0. The third-order valence-electron chi connectivity index (χ3n) is 5.87. The maximum atomic E-state index is 13.4. The molecule has 0 saturated heterocycles. The van der Waals surface area contributed by atoms with Crippen LogP contribution < -0.4 is 16.6 Å². The second-order valence-corrected chi connectivity index (χ2v) is 8.65. The summed E-state index contributed by atoms with van der Waals surface area (Å²) in [5.74, 6) is -0.337. The number of rotatable bonds is 7. The van der Waals surface area contributed by atoms with Crippen molar-refractivity contribution in [2.24, 2.45) is 0 Å². The molecule has 0 aliphatic rings. The molecule has 0 radical (unpaired) electrons. The van der Waals surface area contributed by atoms with Gasteiger partial charge >= 0.3 is 5.69 Å². The topological polar surface area (TPSA) is 98.9 Å². The van der Waals surface area contributed by atoms with Crippen molar-refractivity contribution >= 4 is 5.91 Å². The van der Waals surface area contributed by atoms with Gasteiger partial charge in [-0.3, -0.25) is 19.1 Å². The Kier molecular flexibility index (Phi) is 7.01. The Balaban J connectivity index is 1.79. The van der Waals surface area contributed by atoms with Crippen LogP contribution in [0.2, 0.25) is 0 Å². The molecule has 0 unspecified atom stereocenters. The van der Waals surface area contributed by atoms with E-state index in [0.717, 1.165) is 31.5 Å². The summed E-state index contributed by atoms with van der Waals surface area (Å²) in [6, 6.07) is 18.4. The van der Waals surface area contributed by atoms with Gasteiger partial charge in [0.15, 0.2) is 0 Å². The van der Waals surface area contributed by atoms with E-state index in [-0.39, 0.29) is 18.8 Å². The zero-order chi connectivity index (χ0) is 24.9. The van der Waals surface area contributed by atoms with Gasteiger partial charge in [-0.2, -0.15) is 9.78 Å². The maximum Gasteiger partial charge on any atom is 0.352 e. The van der Waals surface area contributed by atoms with Gasteiger partial charge in [-0.1, -0.05) is 50.2 Å². The third-order valence-corrected chi connectivity index (χ3v) is 5.87. The van der Waals surface area contributed by atoms with Gasteiger partial charge in [-0.25, -0.2) is 4.79 Å². The second-order valence-electron chi connectivity index (χ2n) is 8.65. The SMILES string of the molecule is Cc1ccccc1Cn1c(=O)c(C(=O)NCc2ccncc2)nn(-c2ccc(C(C)C)cc2)c1=O. The lowest BCUT2D eigenvalue weighted by Crippen LogP contribution is -2.46. The van der Waals surface area contributed by atoms with E-state index in [1.807, 2.05) is 43.3 Å². The first-order valence-electron chi connectivity index (χ1n) is 11.4. The quantitative estimate of drug-likeness (QED) is 0.448. The van der Waals surface area contributed by atoms with Gasteiger partial charge in [-0.05, 0) is 59.4 Å². The van der Waals surface area contributed by atoms with E-state index in [1.54, 1.807) is 36.7 Å². The molecule has 4 aromatic rings. The molecule has 1 amide bonds. The van der Waals surface area contributed by atoms with E-state index in [4.69, 9.17) is 0 Å². The van der Waals surface area contributed by atoms with Gasteiger partial charge in [0, 0.05) is 18.9 Å². The molecular formula is C27H27N5O3. The highest BCUT2D eigenvalue weighted by Crippen LogP contribution is 2.16. The summed E-state index contributed by atoms with van der Waals surface area (Å²) in [4.78, 5) is 43.7. The van der Waals surface area contributed by atoms with Crippen LogP contribution in [0.25, 0.3) is 5.69 Å². The van der Waals surface area contributed by atoms with Crippen molar-refractivity contribution in [3.05, 3.63) is 122 Å². The van der Waals surface area contributed by atoms with Gasteiger partial charge < -0.3 is 5.32 Å². The number of aromatic nitrogens is 4. The fraction of sp³-hybridized carbons (Fsp3) is 0.222. The van der Waals surface area contributed by atoms with Gasteiger partial charge in [0.25, 0.3) is 11.5 Å². The molecule has 0 aliphatic heterocycles. The summed E-state index contributed by atoms with van der Waals surface area (Å²) in [5, 5.41) is 6.92. The zero-order valence-electron chi connectivity index (χ0n) is 19.9. The Morgan fingerprint density at radius 2 is 1.66 bits per heavy atom. The predicted octanol–water partition coefficient (Wildman–Crippen LogP) is 3.20. The highest BCUT2D eigenvalue weighted by molar-refractivity contribution is 5.91. The smallest absolute Gasteiger partial charge is 0.346 e. The molecule has 178 valence electrons. The minimum atomic E-state index is -0.736. The fourth-order valence-corrected chi connectivity index (χ4v) is 3.69. The van der Waals surface area contributed by atoms with Crippen LogP contribution in [0.1, 0.15) is 52.5 Å². The predicted molar refractivity (Wildman–Crippen MR) is 134 cm³/mol. The highest BCUT2D eigenvalue weighted by Gasteiger charge is 2.21. The molecule has 0 saturated carbocycles. The van der Waals surface area contributed by atoms with Crippen LogP contribution in [-0.2, 0) is 13.1 Å². The Labute approximate surface area is 202 Å². The molecule has 2 aromatic heterocycles. The number of hydrogen-bond donors (Lipinski definition) is 1. The van der Waals surface area contributed by atoms with E-state index in [0.29, 0.717) is 11.6 Å². The van der Waals surface area contributed by atoms with Crippen molar-refractivity contribution in [2.75, 3.05) is 0 Å². The average molecular weight is 470 g/mol. The monoisotopic (exact) mass is 469 g/mol. The highest BCUT2D eigenvalue weighted by atomic mass is 16.2. The Morgan fingerprint density at radius 1 is 0.971 bits per heavy atom. The maximum absolute atomic E-state index is 13.4. The Morgan fingerprint density at radius 3 is 2.31 bits per heavy atom. The molecule has 0 spiro atoms. The van der Waals surface area contributed by atoms with Crippen LogP contribution in [0.5, 0.6) is 0 Å². The van der Waals surface area contributed by atoms with Crippen LogP contribution in [0.15, 0.2) is 82.6 Å². The molecule has 4 rings (SSSR count). The van der Waals surface area contributed by atoms with Crippen LogP contribution in [0.3, 0.4) is 0 Å². The molecule has 1 N–H and O–H groups in total. The summed E-state index contributed by atoms with van der Waals surface area (Å²) in [6.07, 6.45) is 3.24. The van der Waals surface area contributed by atoms with Crippen molar-refractivity contribution in [1.29, 1.82) is 0 Å². The largest absolute Gasteiger partial charge is 0.352 e. The van der Waals surface area contributed by atoms with Crippen molar-refractivity contribution in [2.45, 2.75) is 39.8 Å². The van der Waals surface area contributed by atoms with Crippen molar-refractivity contribution in [3.63, 3.8) is 0 Å². The van der Waals surface area contributed by atoms with Crippen molar-refractivity contribution in [1.82, 2.24) is 24.6 Å². The zero-order valence-corrected chi connectivity index (χ0v) is 19.9. The molecule has 2 aromatic carbocycles. The van der Waals surface area contributed by atoms with Gasteiger partial charge in [-0.15, -0.1) is 0 Å². The van der Waals surface area contributed by atoms with E-state index in [2.05, 4.69) is 29.2 Å². The molecule has 0 aliphatic carbocycles. The lowest BCUT2D eigenvalue weighted by molar-refractivity contribution is 0.0941. The fourth-order valence-electron chi connectivity index (χ4n) is 3.69. The summed E-state index contributed by atoms with van der Waals surface area (Å²) < 4.78 is 2.18. The van der Waals surface area contributed by atoms with E-state index >= 15 is 0 Å². The minimum absolute atomic E-state index is 0.0293. The standard InChI is InChI=1S/C27H27N5O3/c1-18(2)21-8-10-23(11-9-21)32-27(35)31(17-22-7-5-4-6-19(22)3)26(34)24(30-32)25(33)29-16-20-12-14-28-15-13-20/h4-15,18H,16-17H2,1-3H3,(H,29,33). The number of nitrogens with zero attached hydrogens (tertiary/aromatic N) is 4. The molecule has 35 heavy (non-hydrogen) atoms. The average Bonchev–Trinajstić information content (AvgIpc) is 2.87. The summed E-state index contributed by atoms with van der Waals surface area (Å²) in [5.41, 5.74) is 2.45. The molecule has 8 heteroatoms. The third kappa shape index (κ3) is 5.27. The van der Waals surface area contributed by atoms with Gasteiger partial charge in [0.1, 0.15) is 0 Å². The summed E-state index contributed by atoms with van der Waals surface area (Å²) in [6.45, 7) is 6.29. The lowest BCUT2D eigenvalue weighted by atomic mass is 10.0. The normalized spacial score (nSPS) is 11.0.